The molecule has 0 N–H and O–H groups in total. The first-order valence-electron chi connectivity index (χ1n) is 8.80. The summed E-state index contributed by atoms with van der Waals surface area (Å²) in [7, 11) is 0. The molecule has 1 fully saturated rings. The zero-order chi connectivity index (χ0) is 21.7. The van der Waals surface area contributed by atoms with Gasteiger partial charge in [-0.25, -0.2) is 4.98 Å². The highest BCUT2D eigenvalue weighted by atomic mass is 19.4. The smallest absolute Gasteiger partial charge is 0.404 e. The van der Waals surface area contributed by atoms with Crippen LogP contribution < -0.4 is 9.47 Å². The molecule has 12 heteroatoms. The number of likely N-dealkylation sites (tertiary alicyclic amines) is 1. The summed E-state index contributed by atoms with van der Waals surface area (Å²) in [5.74, 6) is -0.350. The average molecular weight is 436 g/mol. The summed E-state index contributed by atoms with van der Waals surface area (Å²) in [4.78, 5) is 17.0. The van der Waals surface area contributed by atoms with Crippen LogP contribution in [0.15, 0.2) is 29.0 Å². The Morgan fingerprint density at radius 3 is 2.33 bits per heavy atom. The molecule has 0 unspecified atom stereocenters. The average Bonchev–Trinajstić information content (AvgIpc) is 3.34. The summed E-state index contributed by atoms with van der Waals surface area (Å²) in [6, 6.07) is 4.56. The van der Waals surface area contributed by atoms with Gasteiger partial charge in [0.2, 0.25) is 0 Å². The van der Waals surface area contributed by atoms with Crippen molar-refractivity contribution in [2.45, 2.75) is 18.8 Å². The zero-order valence-corrected chi connectivity index (χ0v) is 15.1. The monoisotopic (exact) mass is 436 g/mol. The van der Waals surface area contributed by atoms with Gasteiger partial charge < -0.3 is 18.8 Å². The number of ether oxygens (including phenoxy) is 2. The molecule has 1 aromatic carbocycles. The van der Waals surface area contributed by atoms with Crippen LogP contribution >= 0.6 is 0 Å². The summed E-state index contributed by atoms with van der Waals surface area (Å²) in [6.45, 7) is -1.60. The lowest BCUT2D eigenvalue weighted by Gasteiger charge is -2.33. The molecule has 2 aliphatic rings. The summed E-state index contributed by atoms with van der Waals surface area (Å²) >= 11 is 0. The highest BCUT2D eigenvalue weighted by molar-refractivity contribution is 5.98. The van der Waals surface area contributed by atoms with E-state index in [9.17, 15) is 31.1 Å². The largest absolute Gasteiger partial charge is 0.486 e. The van der Waals surface area contributed by atoms with Crippen molar-refractivity contribution in [2.24, 2.45) is 5.41 Å². The molecule has 2 aromatic rings. The van der Waals surface area contributed by atoms with Crippen molar-refractivity contribution in [1.29, 1.82) is 0 Å². The van der Waals surface area contributed by atoms with Crippen molar-refractivity contribution in [3.05, 3.63) is 30.3 Å². The first-order chi connectivity index (χ1) is 14.0. The molecule has 1 amide bonds. The Morgan fingerprint density at radius 2 is 1.70 bits per heavy atom. The minimum atomic E-state index is -5.55. The van der Waals surface area contributed by atoms with E-state index in [0.29, 0.717) is 35.2 Å². The van der Waals surface area contributed by atoms with Gasteiger partial charge in [0, 0.05) is 18.7 Å². The van der Waals surface area contributed by atoms with Gasteiger partial charge in [-0.15, -0.1) is 0 Å². The maximum Gasteiger partial charge on any atom is 0.404 e. The van der Waals surface area contributed by atoms with Crippen LogP contribution in [0, 0.1) is 5.41 Å². The third-order valence-corrected chi connectivity index (χ3v) is 5.22. The molecular weight excluding hydrogens is 422 g/mol. The first-order valence-corrected chi connectivity index (χ1v) is 8.80. The van der Waals surface area contributed by atoms with E-state index in [1.54, 1.807) is 6.07 Å². The first kappa shape index (κ1) is 20.4. The van der Waals surface area contributed by atoms with Gasteiger partial charge in [-0.05, 0) is 24.6 Å². The Hall–Kier alpha value is -2.92. The third-order valence-electron chi connectivity index (χ3n) is 5.22. The van der Waals surface area contributed by atoms with Crippen LogP contribution in [-0.4, -0.2) is 54.4 Å². The van der Waals surface area contributed by atoms with Gasteiger partial charge in [-0.2, -0.15) is 26.3 Å². The fraction of sp³-hybridized carbons (Fsp3) is 0.444. The Balaban J connectivity index is 1.63. The molecule has 0 radical (unpaired) electrons. The number of rotatable bonds is 2. The second-order valence-corrected chi connectivity index (χ2v) is 6.94. The number of carbonyl (C=O) groups is 1. The van der Waals surface area contributed by atoms with Crippen molar-refractivity contribution < 1.29 is 45.0 Å². The van der Waals surface area contributed by atoms with Crippen LogP contribution in [0.3, 0.4) is 0 Å². The number of nitrogens with zero attached hydrogens (tertiary/aromatic N) is 2. The van der Waals surface area contributed by atoms with E-state index in [1.165, 1.54) is 12.1 Å². The zero-order valence-electron chi connectivity index (χ0n) is 15.1. The predicted octanol–water partition coefficient (Wildman–Crippen LogP) is 4.07. The number of carbonyl (C=O) groups excluding carboxylic acids is 1. The lowest BCUT2D eigenvalue weighted by Crippen LogP contribution is -2.52. The van der Waals surface area contributed by atoms with Crippen LogP contribution in [0.4, 0.5) is 26.3 Å². The fourth-order valence-electron chi connectivity index (χ4n) is 3.54. The lowest BCUT2D eigenvalue weighted by atomic mass is 9.85. The van der Waals surface area contributed by atoms with Crippen molar-refractivity contribution in [1.82, 2.24) is 9.88 Å². The number of oxazole rings is 1. The van der Waals surface area contributed by atoms with Gasteiger partial charge in [0.05, 0.1) is 0 Å². The molecule has 2 aliphatic heterocycles. The summed E-state index contributed by atoms with van der Waals surface area (Å²) < 4.78 is 95.7. The van der Waals surface area contributed by atoms with E-state index in [1.807, 2.05) is 0 Å². The van der Waals surface area contributed by atoms with E-state index in [0.717, 1.165) is 6.39 Å². The number of alkyl halides is 6. The normalized spacial score (nSPS) is 18.5. The highest BCUT2D eigenvalue weighted by Gasteiger charge is 2.73. The third kappa shape index (κ3) is 3.14. The lowest BCUT2D eigenvalue weighted by molar-refractivity contribution is -0.334. The second kappa shape index (κ2) is 6.81. The Labute approximate surface area is 165 Å². The Kier molecular flexibility index (Phi) is 4.62. The maximum atomic E-state index is 13.3. The number of benzene rings is 1. The van der Waals surface area contributed by atoms with Crippen LogP contribution in [0.2, 0.25) is 0 Å². The van der Waals surface area contributed by atoms with Gasteiger partial charge in [-0.1, -0.05) is 0 Å². The molecule has 30 heavy (non-hydrogen) atoms. The number of fused-ring (bicyclic) bond motifs is 1. The molecular formula is C18H14F6N2O4. The Morgan fingerprint density at radius 1 is 1.03 bits per heavy atom. The van der Waals surface area contributed by atoms with Crippen LogP contribution in [0.5, 0.6) is 11.5 Å². The molecule has 0 saturated carbocycles. The second-order valence-electron chi connectivity index (χ2n) is 6.94. The standard InChI is InChI=1S/C18H14F6N2O4/c19-17(20,21)16(18(22,23)24)3-4-26(8-16)15(27)13-14(30-9-25-13)10-1-2-11-12(7-10)29-6-5-28-11/h1-2,7,9H,3-6,8H2. The van der Waals surface area contributed by atoms with Crippen LogP contribution in [0.1, 0.15) is 16.9 Å². The molecule has 0 bridgehead atoms. The number of aromatic nitrogens is 1. The SMILES string of the molecule is O=C(c1ncoc1-c1ccc2c(c1)OCCO2)N1CCC(C(F)(F)F)(C(F)(F)F)C1. The van der Waals surface area contributed by atoms with Gasteiger partial charge in [-0.3, -0.25) is 4.79 Å². The number of hydrogen-bond acceptors (Lipinski definition) is 5. The van der Waals surface area contributed by atoms with Crippen molar-refractivity contribution in [2.75, 3.05) is 26.3 Å². The molecule has 0 atom stereocenters. The molecule has 0 aliphatic carbocycles. The summed E-state index contributed by atoms with van der Waals surface area (Å²) in [6.07, 6.45) is -11.5. The minimum absolute atomic E-state index is 0.0894. The molecule has 1 saturated heterocycles. The minimum Gasteiger partial charge on any atom is -0.486 e. The highest BCUT2D eigenvalue weighted by Crippen LogP contribution is 2.55. The number of halogens is 6. The van der Waals surface area contributed by atoms with E-state index < -0.39 is 43.2 Å². The van der Waals surface area contributed by atoms with Crippen molar-refractivity contribution in [3.63, 3.8) is 0 Å². The van der Waals surface area contributed by atoms with Gasteiger partial charge in [0.25, 0.3) is 5.91 Å². The van der Waals surface area contributed by atoms with Crippen molar-refractivity contribution >= 4 is 5.91 Å². The molecule has 1 aromatic heterocycles. The maximum absolute atomic E-state index is 13.3. The van der Waals surface area contributed by atoms with E-state index in [4.69, 9.17) is 13.9 Å². The topological polar surface area (TPSA) is 64.8 Å². The quantitative estimate of drug-likeness (QED) is 0.665. The Bertz CT molecular complexity index is 954. The molecule has 0 spiro atoms. The molecule has 162 valence electrons. The molecule has 3 heterocycles. The van der Waals surface area contributed by atoms with Gasteiger partial charge in [0.15, 0.2) is 34.8 Å². The van der Waals surface area contributed by atoms with Crippen LogP contribution in [0.25, 0.3) is 11.3 Å². The van der Waals surface area contributed by atoms with E-state index >= 15 is 0 Å². The summed E-state index contributed by atoms with van der Waals surface area (Å²) in [5, 5.41) is 0. The summed E-state index contributed by atoms with van der Waals surface area (Å²) in [5.41, 5.74) is -4.04. The predicted molar refractivity (Wildman–Crippen MR) is 88.0 cm³/mol. The molecule has 6 nitrogen and oxygen atoms in total. The fourth-order valence-corrected chi connectivity index (χ4v) is 3.54. The van der Waals surface area contributed by atoms with Crippen molar-refractivity contribution in [3.8, 4) is 22.8 Å². The number of amides is 1. The van der Waals surface area contributed by atoms with Crippen LogP contribution in [-0.2, 0) is 0 Å². The molecule has 4 rings (SSSR count). The van der Waals surface area contributed by atoms with E-state index in [-0.39, 0.29) is 11.5 Å². The number of hydrogen-bond donors (Lipinski definition) is 0. The van der Waals surface area contributed by atoms with Gasteiger partial charge in [0.1, 0.15) is 13.2 Å². The van der Waals surface area contributed by atoms with Gasteiger partial charge >= 0.3 is 12.4 Å². The van der Waals surface area contributed by atoms with E-state index in [2.05, 4.69) is 4.98 Å².